The van der Waals surface area contributed by atoms with Crippen LogP contribution in [0.4, 0.5) is 0 Å². The molecule has 1 saturated carbocycles. The molecular weight excluding hydrogens is 282 g/mol. The molecule has 2 heterocycles. The van der Waals surface area contributed by atoms with E-state index in [0.717, 1.165) is 18.4 Å². The molecule has 0 spiro atoms. The largest absolute Gasteiger partial charge is 0.354 e. The zero-order chi connectivity index (χ0) is 15.6. The molecule has 4 rings (SSSR count). The first-order chi connectivity index (χ1) is 11.3. The van der Waals surface area contributed by atoms with E-state index in [1.807, 2.05) is 0 Å². The number of para-hydroxylation sites is 2. The Morgan fingerprint density at radius 3 is 2.61 bits per heavy atom. The van der Waals surface area contributed by atoms with E-state index in [1.54, 1.807) is 0 Å². The third-order valence-electron chi connectivity index (χ3n) is 5.26. The summed E-state index contributed by atoms with van der Waals surface area (Å²) in [4.78, 5) is 4.97. The van der Waals surface area contributed by atoms with Crippen molar-refractivity contribution in [1.29, 1.82) is 0 Å². The predicted octanol–water partition coefficient (Wildman–Crippen LogP) is 4.67. The average Bonchev–Trinajstić information content (AvgIpc) is 3.16. The molecule has 0 saturated heterocycles. The molecule has 3 aromatic rings. The molecule has 3 heteroatoms. The summed E-state index contributed by atoms with van der Waals surface area (Å²) in [5, 5.41) is 0. The minimum atomic E-state index is 0.638. The summed E-state index contributed by atoms with van der Waals surface area (Å²) < 4.78 is 4.77. The molecule has 0 atom stereocenters. The molecule has 23 heavy (non-hydrogen) atoms. The molecule has 1 aromatic carbocycles. The van der Waals surface area contributed by atoms with Crippen LogP contribution in [0.1, 0.15) is 49.7 Å². The van der Waals surface area contributed by atoms with E-state index in [2.05, 4.69) is 58.8 Å². The molecule has 120 valence electrons. The van der Waals surface area contributed by atoms with Gasteiger partial charge in [0, 0.05) is 31.4 Å². The van der Waals surface area contributed by atoms with Crippen LogP contribution in [0.2, 0.25) is 0 Å². The fourth-order valence-corrected chi connectivity index (χ4v) is 4.01. The van der Waals surface area contributed by atoms with Gasteiger partial charge < -0.3 is 9.13 Å². The summed E-state index contributed by atoms with van der Waals surface area (Å²) in [7, 11) is 2.12. The summed E-state index contributed by atoms with van der Waals surface area (Å²) >= 11 is 0. The van der Waals surface area contributed by atoms with Crippen molar-refractivity contribution in [2.24, 2.45) is 7.05 Å². The molecule has 0 N–H and O–H groups in total. The van der Waals surface area contributed by atoms with E-state index in [0.29, 0.717) is 6.04 Å². The van der Waals surface area contributed by atoms with Gasteiger partial charge in [-0.1, -0.05) is 31.4 Å². The quantitative estimate of drug-likeness (QED) is 0.687. The lowest BCUT2D eigenvalue weighted by atomic mass is 9.95. The van der Waals surface area contributed by atoms with E-state index < -0.39 is 0 Å². The number of imidazole rings is 1. The Hall–Kier alpha value is -2.03. The maximum Gasteiger partial charge on any atom is 0.110 e. The van der Waals surface area contributed by atoms with Crippen molar-refractivity contribution in [3.05, 3.63) is 54.1 Å². The normalized spacial score (nSPS) is 16.2. The second-order valence-corrected chi connectivity index (χ2v) is 6.79. The molecule has 0 amide bonds. The van der Waals surface area contributed by atoms with Gasteiger partial charge in [0.2, 0.25) is 0 Å². The van der Waals surface area contributed by atoms with Crippen LogP contribution in [0.15, 0.2) is 42.6 Å². The summed E-state index contributed by atoms with van der Waals surface area (Å²) in [6.07, 6.45) is 10.9. The van der Waals surface area contributed by atoms with Crippen LogP contribution in [-0.4, -0.2) is 14.1 Å². The maximum absolute atomic E-state index is 4.97. The minimum Gasteiger partial charge on any atom is -0.354 e. The standard InChI is InChI=1S/C20H25N3/c1-22-15-7-10-16(22)13-14-20-21-18-11-5-6-12-19(18)23(20)17-8-3-2-4-9-17/h5-7,10-12,15,17H,2-4,8-9,13-14H2,1H3. The first-order valence-corrected chi connectivity index (χ1v) is 8.89. The predicted molar refractivity (Wildman–Crippen MR) is 94.7 cm³/mol. The summed E-state index contributed by atoms with van der Waals surface area (Å²) in [6, 6.07) is 13.6. The first kappa shape index (κ1) is 14.6. The lowest BCUT2D eigenvalue weighted by Crippen LogP contribution is -2.16. The van der Waals surface area contributed by atoms with Crippen molar-refractivity contribution in [2.75, 3.05) is 0 Å². The molecular formula is C20H25N3. The summed E-state index contributed by atoms with van der Waals surface area (Å²) in [5.41, 5.74) is 3.86. The lowest BCUT2D eigenvalue weighted by Gasteiger charge is -2.25. The number of aromatic nitrogens is 3. The molecule has 0 aliphatic heterocycles. The number of hydrogen-bond donors (Lipinski definition) is 0. The number of rotatable bonds is 4. The van der Waals surface area contributed by atoms with E-state index >= 15 is 0 Å². The van der Waals surface area contributed by atoms with Gasteiger partial charge in [0.05, 0.1) is 11.0 Å². The van der Waals surface area contributed by atoms with Gasteiger partial charge in [0.15, 0.2) is 0 Å². The molecule has 0 bridgehead atoms. The fraction of sp³-hybridized carbons (Fsp3) is 0.450. The second kappa shape index (κ2) is 6.23. The topological polar surface area (TPSA) is 22.8 Å². The highest BCUT2D eigenvalue weighted by Crippen LogP contribution is 2.32. The van der Waals surface area contributed by atoms with Gasteiger partial charge >= 0.3 is 0 Å². The van der Waals surface area contributed by atoms with Crippen molar-refractivity contribution in [2.45, 2.75) is 51.0 Å². The van der Waals surface area contributed by atoms with Crippen LogP contribution in [0.25, 0.3) is 11.0 Å². The summed E-state index contributed by atoms with van der Waals surface area (Å²) in [6.45, 7) is 0. The van der Waals surface area contributed by atoms with Crippen molar-refractivity contribution < 1.29 is 0 Å². The monoisotopic (exact) mass is 307 g/mol. The highest BCUT2D eigenvalue weighted by molar-refractivity contribution is 5.76. The van der Waals surface area contributed by atoms with Crippen molar-refractivity contribution in [1.82, 2.24) is 14.1 Å². The van der Waals surface area contributed by atoms with Gasteiger partial charge in [-0.2, -0.15) is 0 Å². The van der Waals surface area contributed by atoms with Crippen LogP contribution in [0.5, 0.6) is 0 Å². The van der Waals surface area contributed by atoms with Crippen molar-refractivity contribution in [3.8, 4) is 0 Å². The Kier molecular flexibility index (Phi) is 3.94. The molecule has 3 nitrogen and oxygen atoms in total. The number of fused-ring (bicyclic) bond motifs is 1. The Morgan fingerprint density at radius 2 is 1.83 bits per heavy atom. The zero-order valence-electron chi connectivity index (χ0n) is 13.9. The number of benzene rings is 1. The van der Waals surface area contributed by atoms with Crippen LogP contribution in [0, 0.1) is 0 Å². The zero-order valence-corrected chi connectivity index (χ0v) is 13.9. The van der Waals surface area contributed by atoms with Crippen LogP contribution >= 0.6 is 0 Å². The van der Waals surface area contributed by atoms with Gasteiger partial charge in [-0.15, -0.1) is 0 Å². The van der Waals surface area contributed by atoms with Crippen LogP contribution in [-0.2, 0) is 19.9 Å². The number of nitrogens with zero attached hydrogens (tertiary/aromatic N) is 3. The van der Waals surface area contributed by atoms with E-state index in [4.69, 9.17) is 4.98 Å². The van der Waals surface area contributed by atoms with E-state index in [9.17, 15) is 0 Å². The third-order valence-corrected chi connectivity index (χ3v) is 5.26. The fourth-order valence-electron chi connectivity index (χ4n) is 4.01. The van der Waals surface area contributed by atoms with E-state index in [-0.39, 0.29) is 0 Å². The number of hydrogen-bond acceptors (Lipinski definition) is 1. The Morgan fingerprint density at radius 1 is 1.00 bits per heavy atom. The number of aryl methyl sites for hydroxylation is 3. The maximum atomic E-state index is 4.97. The third kappa shape index (κ3) is 2.80. The van der Waals surface area contributed by atoms with Gasteiger partial charge in [-0.25, -0.2) is 4.98 Å². The molecule has 1 aliphatic carbocycles. The Labute approximate surface area is 138 Å². The Bertz CT molecular complexity index is 790. The van der Waals surface area contributed by atoms with Crippen molar-refractivity contribution >= 4 is 11.0 Å². The van der Waals surface area contributed by atoms with Gasteiger partial charge in [-0.05, 0) is 43.5 Å². The van der Waals surface area contributed by atoms with Crippen LogP contribution in [0.3, 0.4) is 0 Å². The lowest BCUT2D eigenvalue weighted by molar-refractivity contribution is 0.352. The highest BCUT2D eigenvalue weighted by Gasteiger charge is 2.21. The highest BCUT2D eigenvalue weighted by atomic mass is 15.1. The molecule has 0 unspecified atom stereocenters. The van der Waals surface area contributed by atoms with Gasteiger partial charge in [0.1, 0.15) is 5.82 Å². The smallest absolute Gasteiger partial charge is 0.110 e. The molecule has 2 aromatic heterocycles. The average molecular weight is 307 g/mol. The minimum absolute atomic E-state index is 0.638. The van der Waals surface area contributed by atoms with Gasteiger partial charge in [0.25, 0.3) is 0 Å². The Balaban J connectivity index is 1.68. The van der Waals surface area contributed by atoms with Crippen LogP contribution < -0.4 is 0 Å². The molecule has 0 radical (unpaired) electrons. The van der Waals surface area contributed by atoms with Crippen molar-refractivity contribution in [3.63, 3.8) is 0 Å². The SMILES string of the molecule is Cn1cccc1CCc1nc2ccccc2n1C1CCCCC1. The molecule has 1 fully saturated rings. The second-order valence-electron chi connectivity index (χ2n) is 6.79. The summed E-state index contributed by atoms with van der Waals surface area (Å²) in [5.74, 6) is 1.26. The van der Waals surface area contributed by atoms with E-state index in [1.165, 1.54) is 49.1 Å². The van der Waals surface area contributed by atoms with Gasteiger partial charge in [-0.3, -0.25) is 0 Å². The molecule has 1 aliphatic rings. The first-order valence-electron chi connectivity index (χ1n) is 8.89.